The van der Waals surface area contributed by atoms with E-state index in [1.807, 2.05) is 12.1 Å². The van der Waals surface area contributed by atoms with Gasteiger partial charge in [-0.3, -0.25) is 4.79 Å². The van der Waals surface area contributed by atoms with E-state index in [4.69, 9.17) is 4.98 Å². The molecule has 3 aromatic rings. The Labute approximate surface area is 228 Å². The molecule has 1 saturated heterocycles. The molecule has 0 radical (unpaired) electrons. The highest BCUT2D eigenvalue weighted by atomic mass is 16.2. The average molecular weight is 527 g/mol. The molecule has 39 heavy (non-hydrogen) atoms. The van der Waals surface area contributed by atoms with Gasteiger partial charge in [0.15, 0.2) is 5.82 Å². The van der Waals surface area contributed by atoms with Gasteiger partial charge in [0.2, 0.25) is 11.9 Å². The fraction of sp³-hybridized carbons (Fsp3) is 0.310. The molecule has 5 rings (SSSR count). The summed E-state index contributed by atoms with van der Waals surface area (Å²) in [4.78, 5) is 42.2. The van der Waals surface area contributed by atoms with E-state index in [-0.39, 0.29) is 11.9 Å². The number of rotatable bonds is 7. The molecular weight excluding hydrogens is 492 g/mol. The minimum absolute atomic E-state index is 0.221. The summed E-state index contributed by atoms with van der Waals surface area (Å²) in [6.45, 7) is 5.97. The van der Waals surface area contributed by atoms with E-state index in [9.17, 15) is 9.59 Å². The second kappa shape index (κ2) is 11.1. The molecule has 2 aromatic carbocycles. The van der Waals surface area contributed by atoms with Crippen LogP contribution in [0.1, 0.15) is 18.4 Å². The monoisotopic (exact) mass is 526 g/mol. The third-order valence-electron chi connectivity index (χ3n) is 7.22. The first-order valence-corrected chi connectivity index (χ1v) is 13.1. The van der Waals surface area contributed by atoms with E-state index in [0.29, 0.717) is 35.7 Å². The highest BCUT2D eigenvalue weighted by Gasteiger charge is 2.31. The van der Waals surface area contributed by atoms with Crippen LogP contribution in [0, 0.1) is 0 Å². The number of urea groups is 1. The molecule has 3 heterocycles. The lowest BCUT2D eigenvalue weighted by Crippen LogP contribution is -2.43. The van der Waals surface area contributed by atoms with Crippen LogP contribution in [0.15, 0.2) is 67.4 Å². The van der Waals surface area contributed by atoms with Gasteiger partial charge in [0, 0.05) is 55.0 Å². The van der Waals surface area contributed by atoms with Gasteiger partial charge in [0.25, 0.3) is 0 Å². The fourth-order valence-electron chi connectivity index (χ4n) is 5.02. The Hall–Kier alpha value is -4.44. The Morgan fingerprint density at radius 3 is 2.51 bits per heavy atom. The van der Waals surface area contributed by atoms with Gasteiger partial charge in [-0.1, -0.05) is 12.6 Å². The molecule has 2 aliphatic rings. The van der Waals surface area contributed by atoms with Gasteiger partial charge in [0.05, 0.1) is 12.2 Å². The van der Waals surface area contributed by atoms with Crippen molar-refractivity contribution in [3.8, 4) is 0 Å². The van der Waals surface area contributed by atoms with E-state index >= 15 is 0 Å². The van der Waals surface area contributed by atoms with E-state index in [0.717, 1.165) is 37.2 Å². The van der Waals surface area contributed by atoms with Crippen LogP contribution < -0.4 is 20.4 Å². The van der Waals surface area contributed by atoms with E-state index in [2.05, 4.69) is 58.2 Å². The zero-order valence-electron chi connectivity index (χ0n) is 22.6. The first kappa shape index (κ1) is 26.2. The molecule has 0 unspecified atom stereocenters. The van der Waals surface area contributed by atoms with Crippen molar-refractivity contribution < 1.29 is 9.59 Å². The van der Waals surface area contributed by atoms with Crippen molar-refractivity contribution in [2.45, 2.75) is 25.4 Å². The highest BCUT2D eigenvalue weighted by molar-refractivity contribution is 6.03. The SMILES string of the molecule is C=CC(=O)Nc1cccc(N2C(=O)N(C)Cc3cnc(Nc4ccc(N5CCC(N(C)C)CC5)cc4)nc32)c1. The number of carbonyl (C=O) groups excluding carboxylic acids is 2. The number of aromatic nitrogens is 2. The number of amides is 3. The minimum atomic E-state index is -0.326. The van der Waals surface area contributed by atoms with E-state index in [1.54, 1.807) is 42.4 Å². The smallest absolute Gasteiger partial charge is 0.330 e. The molecular formula is C29H34N8O2. The molecule has 3 amide bonds. The van der Waals surface area contributed by atoms with Gasteiger partial charge >= 0.3 is 6.03 Å². The number of fused-ring (bicyclic) bond motifs is 1. The average Bonchev–Trinajstić information content (AvgIpc) is 2.94. The lowest BCUT2D eigenvalue weighted by molar-refractivity contribution is -0.111. The van der Waals surface area contributed by atoms with Crippen LogP contribution >= 0.6 is 0 Å². The Balaban J connectivity index is 1.35. The standard InChI is InChI=1S/C29H34N8O2/c1-5-26(38)31-22-7-6-8-25(17-22)37-27-20(19-35(4)29(37)39)18-30-28(33-27)32-21-9-11-24(12-10-21)36-15-13-23(14-16-36)34(2)3/h5-12,17-18,23H,1,13-16,19H2,2-4H3,(H,31,38)(H,30,32,33). The Bertz CT molecular complexity index is 1370. The lowest BCUT2D eigenvalue weighted by atomic mass is 10.0. The molecule has 202 valence electrons. The maximum absolute atomic E-state index is 13.3. The molecule has 10 nitrogen and oxygen atoms in total. The summed E-state index contributed by atoms with van der Waals surface area (Å²) in [7, 11) is 6.04. The largest absolute Gasteiger partial charge is 0.371 e. The summed E-state index contributed by atoms with van der Waals surface area (Å²) in [6.07, 6.45) is 5.26. The summed E-state index contributed by atoms with van der Waals surface area (Å²) in [5.41, 5.74) is 4.02. The summed E-state index contributed by atoms with van der Waals surface area (Å²) < 4.78 is 0. The number of carbonyl (C=O) groups is 2. The van der Waals surface area contributed by atoms with Gasteiger partial charge in [-0.15, -0.1) is 0 Å². The van der Waals surface area contributed by atoms with Crippen LogP contribution in [0.4, 0.5) is 39.3 Å². The quantitative estimate of drug-likeness (QED) is 0.435. The van der Waals surface area contributed by atoms with Crippen LogP contribution in [0.5, 0.6) is 0 Å². The van der Waals surface area contributed by atoms with Gasteiger partial charge < -0.3 is 25.3 Å². The molecule has 1 aromatic heterocycles. The zero-order chi connectivity index (χ0) is 27.5. The van der Waals surface area contributed by atoms with E-state index < -0.39 is 0 Å². The predicted octanol–water partition coefficient (Wildman–Crippen LogP) is 4.58. The lowest BCUT2D eigenvalue weighted by Gasteiger charge is -2.36. The van der Waals surface area contributed by atoms with Crippen molar-refractivity contribution in [3.05, 3.63) is 72.9 Å². The number of hydrogen-bond acceptors (Lipinski definition) is 7. The molecule has 10 heteroatoms. The second-order valence-electron chi connectivity index (χ2n) is 10.1. The molecule has 0 bridgehead atoms. The molecule has 0 saturated carbocycles. The Kier molecular flexibility index (Phi) is 7.47. The van der Waals surface area contributed by atoms with Gasteiger partial charge in [-0.25, -0.2) is 14.7 Å². The zero-order valence-corrected chi connectivity index (χ0v) is 22.6. The highest BCUT2D eigenvalue weighted by Crippen LogP contribution is 2.35. The molecule has 2 N–H and O–H groups in total. The summed E-state index contributed by atoms with van der Waals surface area (Å²) in [6, 6.07) is 15.8. The summed E-state index contributed by atoms with van der Waals surface area (Å²) in [5.74, 6) is 0.572. The minimum Gasteiger partial charge on any atom is -0.371 e. The van der Waals surface area contributed by atoms with Crippen molar-refractivity contribution in [1.29, 1.82) is 0 Å². The summed E-state index contributed by atoms with van der Waals surface area (Å²) >= 11 is 0. The normalized spacial score (nSPS) is 15.8. The van der Waals surface area contributed by atoms with Crippen molar-refractivity contribution in [2.75, 3.05) is 54.7 Å². The Morgan fingerprint density at radius 1 is 1.08 bits per heavy atom. The maximum Gasteiger partial charge on any atom is 0.330 e. The first-order chi connectivity index (χ1) is 18.8. The van der Waals surface area contributed by atoms with Crippen molar-refractivity contribution >= 4 is 46.5 Å². The summed E-state index contributed by atoms with van der Waals surface area (Å²) in [5, 5.41) is 6.02. The van der Waals surface area contributed by atoms with Crippen LogP contribution in [0.25, 0.3) is 0 Å². The van der Waals surface area contributed by atoms with Crippen LogP contribution in [0.3, 0.4) is 0 Å². The second-order valence-corrected chi connectivity index (χ2v) is 10.1. The van der Waals surface area contributed by atoms with Crippen molar-refractivity contribution in [1.82, 2.24) is 19.8 Å². The first-order valence-electron chi connectivity index (χ1n) is 13.1. The fourth-order valence-corrected chi connectivity index (χ4v) is 5.02. The van der Waals surface area contributed by atoms with E-state index in [1.165, 1.54) is 16.7 Å². The number of nitrogens with one attached hydrogen (secondary N) is 2. The Morgan fingerprint density at radius 2 is 1.82 bits per heavy atom. The maximum atomic E-state index is 13.3. The van der Waals surface area contributed by atoms with Crippen LogP contribution in [-0.2, 0) is 11.3 Å². The third kappa shape index (κ3) is 5.70. The van der Waals surface area contributed by atoms with Crippen LogP contribution in [-0.4, -0.2) is 72.0 Å². The van der Waals surface area contributed by atoms with Gasteiger partial charge in [-0.2, -0.15) is 4.98 Å². The van der Waals surface area contributed by atoms with Gasteiger partial charge in [0.1, 0.15) is 0 Å². The number of piperidine rings is 1. The van der Waals surface area contributed by atoms with Crippen molar-refractivity contribution in [2.24, 2.45) is 0 Å². The van der Waals surface area contributed by atoms with Crippen molar-refractivity contribution in [3.63, 3.8) is 0 Å². The number of hydrogen-bond donors (Lipinski definition) is 2. The predicted molar refractivity (Wildman–Crippen MR) is 155 cm³/mol. The molecule has 2 aliphatic heterocycles. The molecule has 0 spiro atoms. The molecule has 1 fully saturated rings. The van der Waals surface area contributed by atoms with Crippen LogP contribution in [0.2, 0.25) is 0 Å². The van der Waals surface area contributed by atoms with Gasteiger partial charge in [-0.05, 0) is 75.5 Å². The molecule has 0 atom stereocenters. The molecule has 0 aliphatic carbocycles. The number of benzene rings is 2. The third-order valence-corrected chi connectivity index (χ3v) is 7.22. The topological polar surface area (TPSA) is 96.9 Å². The number of anilines is 6. The number of nitrogens with zero attached hydrogens (tertiary/aromatic N) is 6.